The summed E-state index contributed by atoms with van der Waals surface area (Å²) in [5.41, 5.74) is 0.653. The number of nitrogens with zero attached hydrogens (tertiary/aromatic N) is 2. The maximum atomic E-state index is 11.8. The van der Waals surface area contributed by atoms with Gasteiger partial charge in [-0.3, -0.25) is 19.4 Å². The van der Waals surface area contributed by atoms with Crippen LogP contribution >= 0.6 is 0 Å². The molecule has 1 unspecified atom stereocenters. The molecule has 0 saturated carbocycles. The third kappa shape index (κ3) is 7.95. The molecule has 0 aliphatic carbocycles. The number of benzene rings is 1. The number of morpholine rings is 1. The molecule has 0 amide bonds. The number of carbonyl (C=O) groups excluding carboxylic acids is 3. The van der Waals surface area contributed by atoms with E-state index < -0.39 is 59.0 Å². The fourth-order valence-corrected chi connectivity index (χ4v) is 3.94. The second kappa shape index (κ2) is 14.1. The fourth-order valence-electron chi connectivity index (χ4n) is 3.94. The van der Waals surface area contributed by atoms with Crippen LogP contribution in [0.15, 0.2) is 59.4 Å². The van der Waals surface area contributed by atoms with E-state index in [1.54, 1.807) is 12.1 Å². The molecule has 8 N–H and O–H groups in total. The van der Waals surface area contributed by atoms with E-state index in [4.69, 9.17) is 4.74 Å². The number of rotatable bonds is 15. The lowest BCUT2D eigenvalue weighted by atomic mass is 9.96. The topological polar surface area (TPSA) is 221 Å². The SMILES string of the molecule is C=C(O)/C(O)=C(C=O)\C(CN(C)C(C=O)C(O)(O)C(O)(O)C=O)=C(/O)NCc1ccc(CN2CCOCC2)cc1. The van der Waals surface area contributed by atoms with E-state index in [2.05, 4.69) is 16.8 Å². The van der Waals surface area contributed by atoms with Crippen LogP contribution in [-0.4, -0.2) is 122 Å². The number of carbonyl (C=O) groups is 3. The quantitative estimate of drug-likeness (QED) is 0.0400. The van der Waals surface area contributed by atoms with Gasteiger partial charge in [0.1, 0.15) is 12.3 Å². The van der Waals surface area contributed by atoms with E-state index in [1.165, 1.54) is 0 Å². The van der Waals surface area contributed by atoms with E-state index in [0.717, 1.165) is 37.1 Å². The van der Waals surface area contributed by atoms with E-state index >= 15 is 0 Å². The van der Waals surface area contributed by atoms with E-state index in [0.29, 0.717) is 18.8 Å². The van der Waals surface area contributed by atoms with Crippen LogP contribution in [0.2, 0.25) is 0 Å². The minimum absolute atomic E-state index is 0.0203. The first kappa shape index (κ1) is 32.6. The van der Waals surface area contributed by atoms with Crippen molar-refractivity contribution in [3.05, 3.63) is 70.5 Å². The van der Waals surface area contributed by atoms with Gasteiger partial charge in [-0.25, -0.2) is 0 Å². The number of aliphatic hydroxyl groups is 7. The molecule has 1 fully saturated rings. The first-order chi connectivity index (χ1) is 18.8. The van der Waals surface area contributed by atoms with Crippen molar-refractivity contribution >= 4 is 18.9 Å². The van der Waals surface area contributed by atoms with Gasteiger partial charge in [-0.1, -0.05) is 30.8 Å². The molecule has 220 valence electrons. The smallest absolute Gasteiger partial charge is 0.278 e. The summed E-state index contributed by atoms with van der Waals surface area (Å²) in [7, 11) is 1.06. The van der Waals surface area contributed by atoms with Crippen LogP contribution in [0.5, 0.6) is 0 Å². The van der Waals surface area contributed by atoms with Crippen molar-refractivity contribution in [1.82, 2.24) is 15.1 Å². The highest BCUT2D eigenvalue weighted by atomic mass is 16.6. The molecule has 40 heavy (non-hydrogen) atoms. The Balaban J connectivity index is 2.32. The number of ether oxygens (including phenoxy) is 1. The lowest BCUT2D eigenvalue weighted by molar-refractivity contribution is -0.344. The Morgan fingerprint density at radius 1 is 1.07 bits per heavy atom. The lowest BCUT2D eigenvalue weighted by Crippen LogP contribution is -2.67. The predicted octanol–water partition coefficient (Wildman–Crippen LogP) is -1.48. The highest BCUT2D eigenvalue weighted by molar-refractivity contribution is 5.82. The summed E-state index contributed by atoms with van der Waals surface area (Å²) in [6, 6.07) is 5.23. The molecule has 14 nitrogen and oxygen atoms in total. The molecular formula is C26H35N3O11. The van der Waals surface area contributed by atoms with Crippen LogP contribution in [0.25, 0.3) is 0 Å². The highest BCUT2D eigenvalue weighted by Gasteiger charge is 2.55. The molecule has 1 aromatic carbocycles. The van der Waals surface area contributed by atoms with Gasteiger partial charge < -0.3 is 50.6 Å². The van der Waals surface area contributed by atoms with Crippen LogP contribution in [0.1, 0.15) is 11.1 Å². The van der Waals surface area contributed by atoms with Crippen molar-refractivity contribution in [3.63, 3.8) is 0 Å². The first-order valence-electron chi connectivity index (χ1n) is 12.1. The molecule has 1 saturated heterocycles. The van der Waals surface area contributed by atoms with Gasteiger partial charge in [0.05, 0.1) is 18.8 Å². The van der Waals surface area contributed by atoms with E-state index in [1.807, 2.05) is 12.1 Å². The molecule has 1 aliphatic heterocycles. The number of likely N-dealkylation sites (N-methyl/N-ethyl adjacent to an activating group) is 1. The summed E-state index contributed by atoms with van der Waals surface area (Å²) in [5, 5.41) is 72.9. The highest BCUT2D eigenvalue weighted by Crippen LogP contribution is 2.25. The number of aldehydes is 3. The van der Waals surface area contributed by atoms with Crippen molar-refractivity contribution in [2.24, 2.45) is 0 Å². The Hall–Kier alpha value is -3.63. The van der Waals surface area contributed by atoms with Gasteiger partial charge in [0.25, 0.3) is 5.79 Å². The van der Waals surface area contributed by atoms with Gasteiger partial charge >= 0.3 is 0 Å². The summed E-state index contributed by atoms with van der Waals surface area (Å²) >= 11 is 0. The Kier molecular flexibility index (Phi) is 11.5. The van der Waals surface area contributed by atoms with Gasteiger partial charge in [-0.2, -0.15) is 0 Å². The third-order valence-corrected chi connectivity index (χ3v) is 6.38. The molecule has 1 atom stereocenters. The van der Waals surface area contributed by atoms with Crippen LogP contribution in [0.3, 0.4) is 0 Å². The lowest BCUT2D eigenvalue weighted by Gasteiger charge is -2.39. The molecule has 1 heterocycles. The summed E-state index contributed by atoms with van der Waals surface area (Å²) in [4.78, 5) is 37.5. The summed E-state index contributed by atoms with van der Waals surface area (Å²) < 4.78 is 5.34. The van der Waals surface area contributed by atoms with Crippen molar-refractivity contribution in [1.29, 1.82) is 0 Å². The molecule has 0 spiro atoms. The normalized spacial score (nSPS) is 16.9. The number of aliphatic hydroxyl groups excluding tert-OH is 3. The average Bonchev–Trinajstić information content (AvgIpc) is 2.92. The molecule has 1 aromatic rings. The maximum absolute atomic E-state index is 11.8. The van der Waals surface area contributed by atoms with Crippen LogP contribution < -0.4 is 5.32 Å². The summed E-state index contributed by atoms with van der Waals surface area (Å²) in [6.45, 7) is 6.15. The van der Waals surface area contributed by atoms with Crippen LogP contribution in [-0.2, 0) is 32.2 Å². The molecule has 2 rings (SSSR count). The number of hydrogen-bond acceptors (Lipinski definition) is 14. The Morgan fingerprint density at radius 3 is 2.15 bits per heavy atom. The molecule has 14 heteroatoms. The Labute approximate surface area is 230 Å². The molecular weight excluding hydrogens is 530 g/mol. The second-order valence-electron chi connectivity index (χ2n) is 9.28. The molecule has 0 radical (unpaired) electrons. The predicted molar refractivity (Wildman–Crippen MR) is 139 cm³/mol. The largest absolute Gasteiger partial charge is 0.505 e. The van der Waals surface area contributed by atoms with Crippen LogP contribution in [0.4, 0.5) is 0 Å². The third-order valence-electron chi connectivity index (χ3n) is 6.38. The van der Waals surface area contributed by atoms with E-state index in [-0.39, 0.29) is 19.1 Å². The monoisotopic (exact) mass is 565 g/mol. The van der Waals surface area contributed by atoms with Crippen molar-refractivity contribution in [2.45, 2.75) is 30.7 Å². The number of nitrogens with one attached hydrogen (secondary N) is 1. The summed E-state index contributed by atoms with van der Waals surface area (Å²) in [6.07, 6.45) is -0.634. The zero-order chi connectivity index (χ0) is 30.1. The minimum atomic E-state index is -3.77. The average molecular weight is 566 g/mol. The van der Waals surface area contributed by atoms with Crippen LogP contribution in [0, 0.1) is 0 Å². The molecule has 0 bridgehead atoms. The zero-order valence-corrected chi connectivity index (χ0v) is 21.9. The second-order valence-corrected chi connectivity index (χ2v) is 9.28. The first-order valence-corrected chi connectivity index (χ1v) is 12.1. The maximum Gasteiger partial charge on any atom is 0.278 e. The van der Waals surface area contributed by atoms with Gasteiger partial charge in [0, 0.05) is 38.3 Å². The standard InChI is InChI=1S/C26H35N3O11/c1-17(33)23(34)21(14-30)20(13-28(2)22(15-31)26(38,39)25(36,37)16-32)24(35)27-11-18-3-5-19(6-4-18)12-29-7-9-40-10-8-29/h3-6,14-16,22,27,33-39H,1,7-13H2,2H3/b23-21+,24-20-. The zero-order valence-electron chi connectivity index (χ0n) is 21.9. The van der Waals surface area contributed by atoms with Gasteiger partial charge in [0.15, 0.2) is 30.0 Å². The Bertz CT molecular complexity index is 1120. The molecule has 1 aliphatic rings. The minimum Gasteiger partial charge on any atom is -0.505 e. The molecule has 0 aromatic heterocycles. The van der Waals surface area contributed by atoms with E-state index in [9.17, 15) is 50.1 Å². The van der Waals surface area contributed by atoms with Gasteiger partial charge in [-0.15, -0.1) is 0 Å². The van der Waals surface area contributed by atoms with Crippen molar-refractivity contribution in [2.75, 3.05) is 39.9 Å². The summed E-state index contributed by atoms with van der Waals surface area (Å²) in [5.74, 6) is -10.2. The van der Waals surface area contributed by atoms with Crippen molar-refractivity contribution < 1.29 is 54.9 Å². The fraction of sp³-hybridized carbons (Fsp3) is 0.423. The van der Waals surface area contributed by atoms with Gasteiger partial charge in [0.2, 0.25) is 5.79 Å². The van der Waals surface area contributed by atoms with Gasteiger partial charge in [-0.05, 0) is 18.2 Å². The Morgan fingerprint density at radius 2 is 1.65 bits per heavy atom. The number of hydrogen-bond donors (Lipinski definition) is 8. The van der Waals surface area contributed by atoms with Crippen molar-refractivity contribution in [3.8, 4) is 0 Å².